The third-order valence-electron chi connectivity index (χ3n) is 2.85. The fourth-order valence-corrected chi connectivity index (χ4v) is 3.08. The predicted octanol–water partition coefficient (Wildman–Crippen LogP) is 1.88. The van der Waals surface area contributed by atoms with Gasteiger partial charge in [-0.25, -0.2) is 13.1 Å². The maximum atomic E-state index is 12.2. The summed E-state index contributed by atoms with van der Waals surface area (Å²) >= 11 is 0. The Morgan fingerprint density at radius 2 is 1.85 bits per heavy atom. The van der Waals surface area contributed by atoms with E-state index < -0.39 is 10.0 Å². The van der Waals surface area contributed by atoms with Crippen LogP contribution in [0.5, 0.6) is 5.75 Å². The van der Waals surface area contributed by atoms with Crippen molar-refractivity contribution in [3.63, 3.8) is 0 Å². The zero-order chi connectivity index (χ0) is 15.0. The van der Waals surface area contributed by atoms with Crippen molar-refractivity contribution < 1.29 is 13.2 Å². The highest BCUT2D eigenvalue weighted by molar-refractivity contribution is 7.89. The standard InChI is InChI=1S/C14H24N2O3S/c1-3-5-12(11-15)16-20(17,18)14-8-6-13(7-9-14)19-10-4-2/h6-9,12,16H,3-5,10-11,15H2,1-2H3. The molecule has 1 aromatic carbocycles. The molecule has 0 aromatic heterocycles. The molecule has 0 spiro atoms. The first-order valence-electron chi connectivity index (χ1n) is 6.98. The average molecular weight is 300 g/mol. The van der Waals surface area contributed by atoms with Crippen LogP contribution in [0.3, 0.4) is 0 Å². The minimum Gasteiger partial charge on any atom is -0.494 e. The minimum atomic E-state index is -3.52. The van der Waals surface area contributed by atoms with Crippen LogP contribution in [0.1, 0.15) is 33.1 Å². The van der Waals surface area contributed by atoms with E-state index in [-0.39, 0.29) is 10.9 Å². The number of hydrogen-bond acceptors (Lipinski definition) is 4. The van der Waals surface area contributed by atoms with Crippen LogP contribution >= 0.6 is 0 Å². The van der Waals surface area contributed by atoms with Crippen molar-refractivity contribution in [2.24, 2.45) is 5.73 Å². The van der Waals surface area contributed by atoms with Gasteiger partial charge in [0.1, 0.15) is 5.75 Å². The van der Waals surface area contributed by atoms with Gasteiger partial charge >= 0.3 is 0 Å². The SMILES string of the molecule is CCCOc1ccc(S(=O)(=O)NC(CN)CCC)cc1. The van der Waals surface area contributed by atoms with Crippen molar-refractivity contribution in [3.8, 4) is 5.75 Å². The quantitative estimate of drug-likeness (QED) is 0.729. The number of rotatable bonds is 9. The van der Waals surface area contributed by atoms with Gasteiger partial charge in [-0.15, -0.1) is 0 Å². The molecule has 0 saturated carbocycles. The van der Waals surface area contributed by atoms with Crippen molar-refractivity contribution >= 4 is 10.0 Å². The lowest BCUT2D eigenvalue weighted by molar-refractivity contribution is 0.317. The molecular formula is C14H24N2O3S. The Kier molecular flexibility index (Phi) is 6.98. The Hall–Kier alpha value is -1.11. The lowest BCUT2D eigenvalue weighted by Crippen LogP contribution is -2.39. The zero-order valence-electron chi connectivity index (χ0n) is 12.1. The smallest absolute Gasteiger partial charge is 0.240 e. The molecule has 1 aromatic rings. The second kappa shape index (κ2) is 8.24. The Labute approximate surface area is 121 Å². The molecule has 1 atom stereocenters. The van der Waals surface area contributed by atoms with E-state index in [1.165, 1.54) is 0 Å². The van der Waals surface area contributed by atoms with Crippen LogP contribution in [0.2, 0.25) is 0 Å². The number of ether oxygens (including phenoxy) is 1. The van der Waals surface area contributed by atoms with Gasteiger partial charge in [0.05, 0.1) is 11.5 Å². The highest BCUT2D eigenvalue weighted by atomic mass is 32.2. The van der Waals surface area contributed by atoms with Crippen LogP contribution < -0.4 is 15.2 Å². The summed E-state index contributed by atoms with van der Waals surface area (Å²) in [6, 6.07) is 6.21. The Bertz CT molecular complexity index is 486. The van der Waals surface area contributed by atoms with Crippen LogP contribution in [-0.4, -0.2) is 27.6 Å². The number of hydrogen-bond donors (Lipinski definition) is 2. The van der Waals surface area contributed by atoms with Crippen LogP contribution in [0, 0.1) is 0 Å². The number of nitrogens with two attached hydrogens (primary N) is 1. The van der Waals surface area contributed by atoms with Gasteiger partial charge in [0.15, 0.2) is 0 Å². The van der Waals surface area contributed by atoms with Crippen LogP contribution in [0.4, 0.5) is 0 Å². The molecule has 0 fully saturated rings. The third kappa shape index (κ3) is 5.11. The van der Waals surface area contributed by atoms with Gasteiger partial charge in [-0.3, -0.25) is 0 Å². The summed E-state index contributed by atoms with van der Waals surface area (Å²) in [7, 11) is -3.52. The molecule has 0 aliphatic heterocycles. The number of benzene rings is 1. The van der Waals surface area contributed by atoms with Gasteiger partial charge in [-0.2, -0.15) is 0 Å². The maximum absolute atomic E-state index is 12.2. The lowest BCUT2D eigenvalue weighted by Gasteiger charge is -2.16. The fraction of sp³-hybridized carbons (Fsp3) is 0.571. The summed E-state index contributed by atoms with van der Waals surface area (Å²) in [4.78, 5) is 0.232. The van der Waals surface area contributed by atoms with Gasteiger partial charge in [0.2, 0.25) is 10.0 Å². The van der Waals surface area contributed by atoms with Gasteiger partial charge in [-0.1, -0.05) is 20.3 Å². The summed E-state index contributed by atoms with van der Waals surface area (Å²) in [5.41, 5.74) is 5.58. The number of nitrogens with one attached hydrogen (secondary N) is 1. The summed E-state index contributed by atoms with van der Waals surface area (Å²) in [6.07, 6.45) is 2.53. The van der Waals surface area contributed by atoms with Gasteiger partial charge in [0, 0.05) is 12.6 Å². The molecule has 6 heteroatoms. The van der Waals surface area contributed by atoms with Crippen molar-refractivity contribution in [2.45, 2.75) is 44.0 Å². The van der Waals surface area contributed by atoms with Crippen LogP contribution in [0.25, 0.3) is 0 Å². The topological polar surface area (TPSA) is 81.4 Å². The van der Waals surface area contributed by atoms with Crippen molar-refractivity contribution in [1.29, 1.82) is 0 Å². The molecule has 5 nitrogen and oxygen atoms in total. The maximum Gasteiger partial charge on any atom is 0.240 e. The molecule has 114 valence electrons. The van der Waals surface area contributed by atoms with Crippen molar-refractivity contribution in [3.05, 3.63) is 24.3 Å². The average Bonchev–Trinajstić information content (AvgIpc) is 2.45. The first-order chi connectivity index (χ1) is 9.53. The van der Waals surface area contributed by atoms with E-state index in [1.54, 1.807) is 24.3 Å². The minimum absolute atomic E-state index is 0.221. The second-order valence-electron chi connectivity index (χ2n) is 4.66. The highest BCUT2D eigenvalue weighted by Crippen LogP contribution is 2.16. The first kappa shape index (κ1) is 16.9. The highest BCUT2D eigenvalue weighted by Gasteiger charge is 2.18. The molecule has 0 amide bonds. The summed E-state index contributed by atoms with van der Waals surface area (Å²) in [5, 5.41) is 0. The molecule has 20 heavy (non-hydrogen) atoms. The van der Waals surface area contributed by atoms with E-state index >= 15 is 0 Å². The molecule has 0 aliphatic rings. The monoisotopic (exact) mass is 300 g/mol. The van der Waals surface area contributed by atoms with E-state index in [9.17, 15) is 8.42 Å². The van der Waals surface area contributed by atoms with E-state index in [1.807, 2.05) is 13.8 Å². The zero-order valence-corrected chi connectivity index (χ0v) is 12.9. The molecule has 0 bridgehead atoms. The van der Waals surface area contributed by atoms with Crippen LogP contribution in [0.15, 0.2) is 29.2 Å². The Morgan fingerprint density at radius 1 is 1.20 bits per heavy atom. The van der Waals surface area contributed by atoms with E-state index in [0.29, 0.717) is 18.9 Å². The van der Waals surface area contributed by atoms with E-state index in [4.69, 9.17) is 10.5 Å². The fourth-order valence-electron chi connectivity index (χ4n) is 1.80. The molecule has 0 radical (unpaired) electrons. The number of sulfonamides is 1. The summed E-state index contributed by atoms with van der Waals surface area (Å²) < 4.78 is 32.4. The Morgan fingerprint density at radius 3 is 2.35 bits per heavy atom. The molecule has 0 saturated heterocycles. The largest absolute Gasteiger partial charge is 0.494 e. The lowest BCUT2D eigenvalue weighted by atomic mass is 10.2. The molecule has 1 rings (SSSR count). The van der Waals surface area contributed by atoms with Crippen molar-refractivity contribution in [2.75, 3.05) is 13.2 Å². The molecule has 1 unspecified atom stereocenters. The summed E-state index contributed by atoms with van der Waals surface area (Å²) in [6.45, 7) is 4.93. The van der Waals surface area contributed by atoms with Crippen molar-refractivity contribution in [1.82, 2.24) is 4.72 Å². The molecular weight excluding hydrogens is 276 g/mol. The Balaban J connectivity index is 2.76. The second-order valence-corrected chi connectivity index (χ2v) is 6.38. The summed E-state index contributed by atoms with van der Waals surface area (Å²) in [5.74, 6) is 0.676. The predicted molar refractivity (Wildman–Crippen MR) is 80.3 cm³/mol. The first-order valence-corrected chi connectivity index (χ1v) is 8.47. The van der Waals surface area contributed by atoms with Gasteiger partial charge in [0.25, 0.3) is 0 Å². The van der Waals surface area contributed by atoms with E-state index in [2.05, 4.69) is 4.72 Å². The van der Waals surface area contributed by atoms with Crippen LogP contribution in [-0.2, 0) is 10.0 Å². The normalized spacial score (nSPS) is 13.2. The molecule has 0 heterocycles. The molecule has 3 N–H and O–H groups in total. The van der Waals surface area contributed by atoms with Gasteiger partial charge in [-0.05, 0) is 37.1 Å². The molecule has 0 aliphatic carbocycles. The van der Waals surface area contributed by atoms with Gasteiger partial charge < -0.3 is 10.5 Å². The third-order valence-corrected chi connectivity index (χ3v) is 4.39. The van der Waals surface area contributed by atoms with E-state index in [0.717, 1.165) is 19.3 Å².